The first kappa shape index (κ1) is 23.7. The quantitative estimate of drug-likeness (QED) is 0.347. The second-order valence-electron chi connectivity index (χ2n) is 7.99. The van der Waals surface area contributed by atoms with Crippen LogP contribution in [0.15, 0.2) is 71.9 Å². The van der Waals surface area contributed by atoms with Crippen LogP contribution in [0.25, 0.3) is 0 Å². The minimum Gasteiger partial charge on any atom is -0.345 e. The van der Waals surface area contributed by atoms with Crippen LogP contribution in [-0.4, -0.2) is 46.9 Å². The second kappa shape index (κ2) is 9.84. The van der Waals surface area contributed by atoms with Crippen molar-refractivity contribution >= 4 is 21.9 Å². The minimum atomic E-state index is -3.73. The molecule has 0 aliphatic carbocycles. The van der Waals surface area contributed by atoms with E-state index in [2.05, 4.69) is 15.3 Å². The molecule has 0 saturated carbocycles. The lowest BCUT2D eigenvalue weighted by molar-refractivity contribution is 0.0705. The standard InChI is InChI=1S/C23H24FN5O4S/c24-14-17-6-8-20(9-7-17)34(32,33)29-12-10-23(11-13-29,19-4-2-1-3-5-19)27-22-25-15-18(16-26-22)21(30)28-31/h1-9,15-16,31H,10-14H2,(H,28,30)(H,25,26,27). The van der Waals surface area contributed by atoms with Crippen LogP contribution in [0.3, 0.4) is 0 Å². The molecule has 11 heteroatoms. The Labute approximate surface area is 196 Å². The Bertz CT molecular complexity index is 1230. The molecule has 1 saturated heterocycles. The molecular formula is C23H24FN5O4S. The number of carbonyl (C=O) groups is 1. The molecule has 1 aliphatic rings. The van der Waals surface area contributed by atoms with Crippen LogP contribution in [0.4, 0.5) is 10.3 Å². The van der Waals surface area contributed by atoms with Crippen molar-refractivity contribution in [3.05, 3.63) is 83.7 Å². The lowest BCUT2D eigenvalue weighted by Gasteiger charge is -2.42. The van der Waals surface area contributed by atoms with Crippen LogP contribution in [0, 0.1) is 0 Å². The summed E-state index contributed by atoms with van der Waals surface area (Å²) in [6.07, 6.45) is 3.47. The van der Waals surface area contributed by atoms with Crippen molar-refractivity contribution in [3.8, 4) is 0 Å². The highest BCUT2D eigenvalue weighted by Crippen LogP contribution is 2.37. The Kier molecular flexibility index (Phi) is 6.87. The van der Waals surface area contributed by atoms with E-state index in [9.17, 15) is 17.6 Å². The maximum Gasteiger partial charge on any atom is 0.277 e. The highest BCUT2D eigenvalue weighted by molar-refractivity contribution is 7.89. The normalized spacial score (nSPS) is 16.1. The fourth-order valence-electron chi connectivity index (χ4n) is 4.04. The third-order valence-electron chi connectivity index (χ3n) is 5.98. The summed E-state index contributed by atoms with van der Waals surface area (Å²) in [6, 6.07) is 15.4. The first-order valence-electron chi connectivity index (χ1n) is 10.6. The van der Waals surface area contributed by atoms with E-state index in [1.54, 1.807) is 0 Å². The van der Waals surface area contributed by atoms with E-state index in [-0.39, 0.29) is 29.5 Å². The molecule has 2 aromatic carbocycles. The number of carbonyl (C=O) groups excluding carboxylic acids is 1. The zero-order valence-corrected chi connectivity index (χ0v) is 19.0. The summed E-state index contributed by atoms with van der Waals surface area (Å²) in [4.78, 5) is 20.0. The van der Waals surface area contributed by atoms with Gasteiger partial charge in [-0.05, 0) is 36.1 Å². The van der Waals surface area contributed by atoms with Gasteiger partial charge in [0.05, 0.1) is 16.0 Å². The maximum atomic E-state index is 13.2. The Morgan fingerprint density at radius 3 is 2.21 bits per heavy atom. The van der Waals surface area contributed by atoms with Gasteiger partial charge < -0.3 is 5.32 Å². The van der Waals surface area contributed by atoms with Gasteiger partial charge in [-0.3, -0.25) is 10.0 Å². The zero-order chi connectivity index (χ0) is 24.2. The molecule has 0 spiro atoms. The van der Waals surface area contributed by atoms with Gasteiger partial charge in [-0.2, -0.15) is 4.31 Å². The number of anilines is 1. The minimum absolute atomic E-state index is 0.0986. The van der Waals surface area contributed by atoms with Gasteiger partial charge in [0.2, 0.25) is 16.0 Å². The molecule has 0 unspecified atom stereocenters. The number of nitrogens with one attached hydrogen (secondary N) is 2. The van der Waals surface area contributed by atoms with Gasteiger partial charge in [0.1, 0.15) is 6.67 Å². The van der Waals surface area contributed by atoms with Crippen LogP contribution in [0.2, 0.25) is 0 Å². The van der Waals surface area contributed by atoms with E-state index >= 15 is 0 Å². The Balaban J connectivity index is 1.57. The Hall–Kier alpha value is -3.41. The number of rotatable bonds is 7. The first-order chi connectivity index (χ1) is 16.4. The summed E-state index contributed by atoms with van der Waals surface area (Å²) in [6.45, 7) is -0.150. The largest absolute Gasteiger partial charge is 0.345 e. The number of hydroxylamine groups is 1. The van der Waals surface area contributed by atoms with Gasteiger partial charge in [-0.1, -0.05) is 42.5 Å². The molecule has 3 aromatic rings. The van der Waals surface area contributed by atoms with Crippen molar-refractivity contribution in [2.75, 3.05) is 18.4 Å². The number of sulfonamides is 1. The number of halogens is 1. The van der Waals surface area contributed by atoms with Gasteiger partial charge in [-0.25, -0.2) is 28.3 Å². The molecule has 9 nitrogen and oxygen atoms in total. The summed E-state index contributed by atoms with van der Waals surface area (Å²) >= 11 is 0. The molecule has 0 atom stereocenters. The predicted octanol–water partition coefficient (Wildman–Crippen LogP) is 2.86. The third kappa shape index (κ3) is 4.76. The van der Waals surface area contributed by atoms with Gasteiger partial charge in [0.15, 0.2) is 0 Å². The Morgan fingerprint density at radius 2 is 1.65 bits per heavy atom. The lowest BCUT2D eigenvalue weighted by Crippen LogP contribution is -2.49. The number of nitrogens with zero attached hydrogens (tertiary/aromatic N) is 3. The van der Waals surface area contributed by atoms with Gasteiger partial charge >= 0.3 is 0 Å². The molecule has 178 valence electrons. The molecule has 0 bridgehead atoms. The summed E-state index contributed by atoms with van der Waals surface area (Å²) in [7, 11) is -3.73. The van der Waals surface area contributed by atoms with Gasteiger partial charge in [0.25, 0.3) is 5.91 Å². The maximum absolute atomic E-state index is 13.2. The first-order valence-corrected chi connectivity index (χ1v) is 12.1. The van der Waals surface area contributed by atoms with E-state index in [0.717, 1.165) is 5.56 Å². The van der Waals surface area contributed by atoms with Gasteiger partial charge in [0, 0.05) is 25.5 Å². The van der Waals surface area contributed by atoms with Gasteiger partial charge in [-0.15, -0.1) is 0 Å². The monoisotopic (exact) mass is 485 g/mol. The summed E-state index contributed by atoms with van der Waals surface area (Å²) in [5.74, 6) is -0.446. The van der Waals surface area contributed by atoms with Crippen LogP contribution < -0.4 is 10.8 Å². The molecule has 0 radical (unpaired) electrons. The highest BCUT2D eigenvalue weighted by Gasteiger charge is 2.40. The van der Waals surface area contributed by atoms with E-state index in [1.807, 2.05) is 30.3 Å². The van der Waals surface area contributed by atoms with Crippen molar-refractivity contribution in [2.45, 2.75) is 30.0 Å². The van der Waals surface area contributed by atoms with Crippen molar-refractivity contribution in [2.24, 2.45) is 0 Å². The van der Waals surface area contributed by atoms with Crippen LogP contribution in [0.1, 0.15) is 34.3 Å². The predicted molar refractivity (Wildman–Crippen MR) is 122 cm³/mol. The fraction of sp³-hybridized carbons (Fsp3) is 0.261. The number of hydrogen-bond acceptors (Lipinski definition) is 7. The highest BCUT2D eigenvalue weighted by atomic mass is 32.2. The third-order valence-corrected chi connectivity index (χ3v) is 7.90. The van der Waals surface area contributed by atoms with Crippen LogP contribution >= 0.6 is 0 Å². The van der Waals surface area contributed by atoms with Crippen molar-refractivity contribution in [3.63, 3.8) is 0 Å². The molecule has 34 heavy (non-hydrogen) atoms. The number of amides is 1. The van der Waals surface area contributed by atoms with Crippen LogP contribution in [-0.2, 0) is 22.2 Å². The number of benzene rings is 2. The van der Waals surface area contributed by atoms with Crippen molar-refractivity contribution < 1.29 is 22.8 Å². The summed E-state index contributed by atoms with van der Waals surface area (Å²) in [5, 5.41) is 12.1. The number of alkyl halides is 1. The molecule has 1 amide bonds. The number of piperidine rings is 1. The van der Waals surface area contributed by atoms with Crippen molar-refractivity contribution in [1.82, 2.24) is 19.8 Å². The fourth-order valence-corrected chi connectivity index (χ4v) is 5.48. The average molecular weight is 486 g/mol. The van der Waals surface area contributed by atoms with Crippen LogP contribution in [0.5, 0.6) is 0 Å². The van der Waals surface area contributed by atoms with E-state index < -0.39 is 28.1 Å². The SMILES string of the molecule is O=C(NO)c1cnc(NC2(c3ccccc3)CCN(S(=O)(=O)c3ccc(CF)cc3)CC2)nc1. The molecule has 1 aromatic heterocycles. The summed E-state index contributed by atoms with van der Waals surface area (Å²) < 4.78 is 40.5. The molecule has 3 N–H and O–H groups in total. The lowest BCUT2D eigenvalue weighted by atomic mass is 9.81. The van der Waals surface area contributed by atoms with Crippen molar-refractivity contribution in [1.29, 1.82) is 0 Å². The van der Waals surface area contributed by atoms with E-state index in [1.165, 1.54) is 46.4 Å². The Morgan fingerprint density at radius 1 is 1.03 bits per heavy atom. The topological polar surface area (TPSA) is 125 Å². The van der Waals surface area contributed by atoms with E-state index in [0.29, 0.717) is 18.4 Å². The van der Waals surface area contributed by atoms with E-state index in [4.69, 9.17) is 5.21 Å². The molecular weight excluding hydrogens is 461 g/mol. The molecule has 2 heterocycles. The molecule has 4 rings (SSSR count). The molecule has 1 aliphatic heterocycles. The summed E-state index contributed by atoms with van der Waals surface area (Å²) in [5.41, 5.74) is 2.38. The number of hydrogen-bond donors (Lipinski definition) is 3. The smallest absolute Gasteiger partial charge is 0.277 e. The number of aromatic nitrogens is 2. The second-order valence-corrected chi connectivity index (χ2v) is 9.93. The average Bonchev–Trinajstić information content (AvgIpc) is 2.89. The zero-order valence-electron chi connectivity index (χ0n) is 18.2. The molecule has 1 fully saturated rings.